The Morgan fingerprint density at radius 2 is 1.22 bits per heavy atom. The van der Waals surface area contributed by atoms with Crippen LogP contribution >= 0.6 is 0 Å². The minimum Gasteiger partial charge on any atom is -0.338 e. The third-order valence-electron chi connectivity index (χ3n) is 9.11. The molecule has 1 aromatic heterocycles. The highest BCUT2D eigenvalue weighted by Gasteiger charge is 2.21. The Bertz CT molecular complexity index is 1810. The van der Waals surface area contributed by atoms with Gasteiger partial charge in [-0.15, -0.1) is 0 Å². The van der Waals surface area contributed by atoms with E-state index in [0.29, 0.717) is 18.3 Å². The van der Waals surface area contributed by atoms with Crippen LogP contribution in [-0.4, -0.2) is 23.1 Å². The normalized spacial score (nSPS) is 11.6. The SMILES string of the molecule is CCCCC(CC)CNC(=O)Nc1ccc(Cc2cccc(Cc3cccc(Cc4ccc(NC(=O)c5n(C)cc[n+]5C)cc4)c3)c2)cc1. The lowest BCUT2D eigenvalue weighted by atomic mass is 9.97. The Kier molecular flexibility index (Phi) is 12.4. The van der Waals surface area contributed by atoms with Gasteiger partial charge in [-0.05, 0) is 89.2 Å². The molecule has 0 spiro atoms. The van der Waals surface area contributed by atoms with E-state index in [1.165, 1.54) is 46.2 Å². The van der Waals surface area contributed by atoms with Gasteiger partial charge in [-0.1, -0.05) is 106 Å². The van der Waals surface area contributed by atoms with Gasteiger partial charge >= 0.3 is 17.8 Å². The van der Waals surface area contributed by atoms with Gasteiger partial charge in [-0.2, -0.15) is 0 Å². The number of aromatic nitrogens is 2. The number of benzene rings is 4. The van der Waals surface area contributed by atoms with Crippen molar-refractivity contribution in [2.24, 2.45) is 20.0 Å². The molecule has 254 valence electrons. The Hall–Kier alpha value is -5.17. The van der Waals surface area contributed by atoms with Gasteiger partial charge in [0.25, 0.3) is 0 Å². The molecule has 4 aromatic carbocycles. The summed E-state index contributed by atoms with van der Waals surface area (Å²) in [4.78, 5) is 25.2. The molecule has 3 amide bonds. The molecule has 3 N–H and O–H groups in total. The topological polar surface area (TPSA) is 79.0 Å². The maximum absolute atomic E-state index is 12.7. The minimum atomic E-state index is -0.142. The highest BCUT2D eigenvalue weighted by atomic mass is 16.2. The fourth-order valence-electron chi connectivity index (χ4n) is 6.27. The Morgan fingerprint density at radius 3 is 1.69 bits per heavy atom. The van der Waals surface area contributed by atoms with Gasteiger partial charge < -0.3 is 16.0 Å². The maximum atomic E-state index is 12.7. The average molecular weight is 657 g/mol. The Morgan fingerprint density at radius 1 is 0.714 bits per heavy atom. The molecule has 0 bridgehead atoms. The van der Waals surface area contributed by atoms with Crippen LogP contribution in [0.15, 0.2) is 109 Å². The zero-order valence-corrected chi connectivity index (χ0v) is 29.3. The third kappa shape index (κ3) is 10.4. The maximum Gasteiger partial charge on any atom is 0.347 e. The zero-order valence-electron chi connectivity index (χ0n) is 29.3. The molecule has 0 radical (unpaired) electrons. The largest absolute Gasteiger partial charge is 0.347 e. The van der Waals surface area contributed by atoms with Crippen LogP contribution in [0, 0.1) is 5.92 Å². The Balaban J connectivity index is 1.12. The number of amides is 3. The van der Waals surface area contributed by atoms with Crippen LogP contribution in [-0.2, 0) is 33.4 Å². The number of hydrogen-bond acceptors (Lipinski definition) is 2. The molecule has 5 aromatic rings. The molecule has 0 fully saturated rings. The molecule has 7 nitrogen and oxygen atoms in total. The first kappa shape index (κ1) is 35.1. The van der Waals surface area contributed by atoms with Crippen molar-refractivity contribution >= 4 is 23.3 Å². The van der Waals surface area contributed by atoms with Crippen LogP contribution < -0.4 is 20.5 Å². The van der Waals surface area contributed by atoms with E-state index in [9.17, 15) is 9.59 Å². The van der Waals surface area contributed by atoms with Gasteiger partial charge in [0.15, 0.2) is 0 Å². The van der Waals surface area contributed by atoms with Crippen molar-refractivity contribution < 1.29 is 14.2 Å². The van der Waals surface area contributed by atoms with Gasteiger partial charge in [-0.3, -0.25) is 4.79 Å². The van der Waals surface area contributed by atoms with Gasteiger partial charge in [-0.25, -0.2) is 13.9 Å². The lowest BCUT2D eigenvalue weighted by Crippen LogP contribution is -2.37. The van der Waals surface area contributed by atoms with Crippen LogP contribution in [0.4, 0.5) is 16.2 Å². The molecular formula is C42H50N5O2+. The summed E-state index contributed by atoms with van der Waals surface area (Å²) in [5.74, 6) is 0.987. The van der Waals surface area contributed by atoms with E-state index < -0.39 is 0 Å². The Labute approximate surface area is 291 Å². The van der Waals surface area contributed by atoms with Gasteiger partial charge in [0.05, 0.1) is 14.1 Å². The first-order valence-corrected chi connectivity index (χ1v) is 17.5. The fraction of sp³-hybridized carbons (Fsp3) is 0.310. The van der Waals surface area contributed by atoms with E-state index in [1.54, 1.807) is 0 Å². The number of rotatable bonds is 15. The standard InChI is InChI=1S/C42H49N5O2/c1-5-7-10-31(6-2)30-43-42(49)45-39-21-17-33(18-22-39)26-35-12-9-14-37(28-35)29-36-13-8-11-34(27-36)25-32-15-19-38(20-16-32)44-40(48)41-46(3)23-24-47(41)4/h8-9,11-24,27-28,31H,5-7,10,25-26,29-30H2,1-4H3,(H2-,43,44,45,48,49)/p+1. The van der Waals surface area contributed by atoms with Crippen molar-refractivity contribution in [3.63, 3.8) is 0 Å². The van der Waals surface area contributed by atoms with E-state index in [4.69, 9.17) is 0 Å². The van der Waals surface area contributed by atoms with E-state index in [0.717, 1.165) is 43.5 Å². The van der Waals surface area contributed by atoms with Gasteiger partial charge in [0, 0.05) is 17.9 Å². The number of imidazole rings is 1. The molecule has 7 heteroatoms. The summed E-state index contributed by atoms with van der Waals surface area (Å²) in [6, 6.07) is 33.6. The summed E-state index contributed by atoms with van der Waals surface area (Å²) in [5, 5.41) is 9.01. The summed E-state index contributed by atoms with van der Waals surface area (Å²) >= 11 is 0. The monoisotopic (exact) mass is 656 g/mol. The van der Waals surface area contributed by atoms with Gasteiger partial charge in [0.2, 0.25) is 0 Å². The van der Waals surface area contributed by atoms with Crippen molar-refractivity contribution in [3.05, 3.63) is 149 Å². The highest BCUT2D eigenvalue weighted by Crippen LogP contribution is 2.20. The lowest BCUT2D eigenvalue weighted by molar-refractivity contribution is -0.672. The van der Waals surface area contributed by atoms with Crippen LogP contribution in [0.2, 0.25) is 0 Å². The minimum absolute atomic E-state index is 0.135. The highest BCUT2D eigenvalue weighted by molar-refractivity contribution is 6.00. The molecule has 0 aliphatic rings. The number of aryl methyl sites for hydroxylation is 2. The summed E-state index contributed by atoms with van der Waals surface area (Å²) in [6.45, 7) is 5.10. The van der Waals surface area contributed by atoms with Crippen molar-refractivity contribution in [3.8, 4) is 0 Å². The van der Waals surface area contributed by atoms with Gasteiger partial charge in [0.1, 0.15) is 12.4 Å². The summed E-state index contributed by atoms with van der Waals surface area (Å²) in [7, 11) is 3.73. The summed E-state index contributed by atoms with van der Waals surface area (Å²) in [6.07, 6.45) is 10.9. The van der Waals surface area contributed by atoms with E-state index in [1.807, 2.05) is 59.9 Å². The number of unbranched alkanes of at least 4 members (excludes halogenated alkanes) is 1. The van der Waals surface area contributed by atoms with Crippen molar-refractivity contribution in [1.29, 1.82) is 0 Å². The molecule has 0 aliphatic heterocycles. The average Bonchev–Trinajstić information content (AvgIpc) is 3.44. The number of carbonyl (C=O) groups excluding carboxylic acids is 2. The second-order valence-electron chi connectivity index (χ2n) is 13.1. The zero-order chi connectivity index (χ0) is 34.6. The first-order chi connectivity index (χ1) is 23.8. The second-order valence-corrected chi connectivity index (χ2v) is 13.1. The number of nitrogens with zero attached hydrogens (tertiary/aromatic N) is 2. The predicted octanol–water partition coefficient (Wildman–Crippen LogP) is 8.21. The fourth-order valence-corrected chi connectivity index (χ4v) is 6.27. The molecule has 1 unspecified atom stereocenters. The molecule has 0 saturated carbocycles. The molecule has 0 aliphatic carbocycles. The smallest absolute Gasteiger partial charge is 0.338 e. The molecule has 1 heterocycles. The lowest BCUT2D eigenvalue weighted by Gasteiger charge is -2.15. The number of hydrogen-bond donors (Lipinski definition) is 3. The van der Waals surface area contributed by atoms with Crippen molar-refractivity contribution in [2.75, 3.05) is 17.2 Å². The number of carbonyl (C=O) groups is 2. The predicted molar refractivity (Wildman–Crippen MR) is 199 cm³/mol. The van der Waals surface area contributed by atoms with E-state index in [-0.39, 0.29) is 11.9 Å². The molecule has 5 rings (SSSR count). The molecule has 0 saturated heterocycles. The van der Waals surface area contributed by atoms with Crippen molar-refractivity contribution in [1.82, 2.24) is 9.88 Å². The number of anilines is 2. The molecule has 1 atom stereocenters. The van der Waals surface area contributed by atoms with E-state index in [2.05, 4.69) is 103 Å². The van der Waals surface area contributed by atoms with Crippen LogP contribution in [0.3, 0.4) is 0 Å². The van der Waals surface area contributed by atoms with Crippen LogP contribution in [0.1, 0.15) is 83.5 Å². The van der Waals surface area contributed by atoms with Crippen molar-refractivity contribution in [2.45, 2.75) is 58.8 Å². The number of nitrogens with one attached hydrogen (secondary N) is 3. The molecular weight excluding hydrogens is 606 g/mol. The molecule has 49 heavy (non-hydrogen) atoms. The summed E-state index contributed by atoms with van der Waals surface area (Å²) < 4.78 is 3.62. The second kappa shape index (κ2) is 17.3. The summed E-state index contributed by atoms with van der Waals surface area (Å²) in [5.41, 5.74) is 9.04. The third-order valence-corrected chi connectivity index (χ3v) is 9.11. The number of urea groups is 1. The van der Waals surface area contributed by atoms with Crippen LogP contribution in [0.25, 0.3) is 0 Å². The van der Waals surface area contributed by atoms with E-state index >= 15 is 0 Å². The van der Waals surface area contributed by atoms with Crippen LogP contribution in [0.5, 0.6) is 0 Å². The quantitative estimate of drug-likeness (QED) is 0.0994. The first-order valence-electron chi connectivity index (χ1n) is 17.5.